The molecule has 3 rings (SSSR count). The Kier molecular flexibility index (Phi) is 7.83. The number of aryl methyl sites for hydroxylation is 1. The first-order valence-corrected chi connectivity index (χ1v) is 11.6. The molecule has 0 unspecified atom stereocenters. The SMILES string of the molecule is COc1cc(C(=O)N2CCCN(c3nc(C)cs3)CC2)cc(Cl)c1OCCC(C)C. The number of rotatable bonds is 7. The summed E-state index contributed by atoms with van der Waals surface area (Å²) < 4.78 is 11.3. The van der Waals surface area contributed by atoms with Crippen molar-refractivity contribution in [2.24, 2.45) is 5.92 Å². The van der Waals surface area contributed by atoms with E-state index in [9.17, 15) is 4.79 Å². The number of amides is 1. The van der Waals surface area contributed by atoms with Crippen molar-refractivity contribution in [2.45, 2.75) is 33.6 Å². The molecule has 8 heteroatoms. The molecule has 30 heavy (non-hydrogen) atoms. The standard InChI is InChI=1S/C22H30ClN3O3S/c1-15(2)6-11-29-20-18(23)12-17(13-19(20)28-4)21(27)25-7-5-8-26(10-9-25)22-24-16(3)14-30-22/h12-15H,5-11H2,1-4H3. The lowest BCUT2D eigenvalue weighted by atomic mass is 10.1. The summed E-state index contributed by atoms with van der Waals surface area (Å²) in [6, 6.07) is 3.41. The van der Waals surface area contributed by atoms with Crippen LogP contribution in [-0.4, -0.2) is 55.7 Å². The largest absolute Gasteiger partial charge is 0.493 e. The van der Waals surface area contributed by atoms with E-state index < -0.39 is 0 Å². The van der Waals surface area contributed by atoms with Gasteiger partial charge in [0, 0.05) is 37.1 Å². The van der Waals surface area contributed by atoms with Crippen molar-refractivity contribution in [1.29, 1.82) is 0 Å². The predicted molar refractivity (Wildman–Crippen MR) is 123 cm³/mol. The fourth-order valence-electron chi connectivity index (χ4n) is 3.36. The summed E-state index contributed by atoms with van der Waals surface area (Å²) in [5.41, 5.74) is 1.55. The Balaban J connectivity index is 1.70. The molecule has 6 nitrogen and oxygen atoms in total. The number of anilines is 1. The summed E-state index contributed by atoms with van der Waals surface area (Å²) >= 11 is 8.11. The number of thiazole rings is 1. The number of benzene rings is 1. The summed E-state index contributed by atoms with van der Waals surface area (Å²) in [5, 5.41) is 3.48. The van der Waals surface area contributed by atoms with Gasteiger partial charge in [-0.2, -0.15) is 0 Å². The van der Waals surface area contributed by atoms with Gasteiger partial charge in [0.1, 0.15) is 0 Å². The van der Waals surface area contributed by atoms with Crippen molar-refractivity contribution in [1.82, 2.24) is 9.88 Å². The molecule has 1 aliphatic heterocycles. The molecule has 164 valence electrons. The zero-order valence-electron chi connectivity index (χ0n) is 18.1. The van der Waals surface area contributed by atoms with E-state index in [-0.39, 0.29) is 5.91 Å². The Hall–Kier alpha value is -1.99. The lowest BCUT2D eigenvalue weighted by molar-refractivity contribution is 0.0766. The van der Waals surface area contributed by atoms with Gasteiger partial charge in [-0.05, 0) is 37.8 Å². The zero-order valence-corrected chi connectivity index (χ0v) is 19.7. The van der Waals surface area contributed by atoms with Gasteiger partial charge in [0.2, 0.25) is 0 Å². The van der Waals surface area contributed by atoms with Crippen LogP contribution in [0.2, 0.25) is 5.02 Å². The summed E-state index contributed by atoms with van der Waals surface area (Å²) in [7, 11) is 1.56. The van der Waals surface area contributed by atoms with E-state index in [2.05, 4.69) is 29.1 Å². The molecule has 0 aliphatic carbocycles. The Morgan fingerprint density at radius 3 is 2.73 bits per heavy atom. The van der Waals surface area contributed by atoms with Crippen LogP contribution in [0.15, 0.2) is 17.5 Å². The molecule has 2 heterocycles. The lowest BCUT2D eigenvalue weighted by Gasteiger charge is -2.22. The molecule has 1 aliphatic rings. The van der Waals surface area contributed by atoms with Crippen LogP contribution in [0.1, 0.15) is 42.7 Å². The van der Waals surface area contributed by atoms with Crippen molar-refractivity contribution in [3.05, 3.63) is 33.8 Å². The highest BCUT2D eigenvalue weighted by atomic mass is 35.5. The summed E-state index contributed by atoms with van der Waals surface area (Å²) in [4.78, 5) is 21.9. The minimum atomic E-state index is -0.0406. The highest BCUT2D eigenvalue weighted by molar-refractivity contribution is 7.13. The maximum atomic E-state index is 13.2. The average Bonchev–Trinajstić information content (AvgIpc) is 2.99. The second kappa shape index (κ2) is 10.4. The second-order valence-electron chi connectivity index (χ2n) is 7.92. The van der Waals surface area contributed by atoms with E-state index in [4.69, 9.17) is 21.1 Å². The Bertz CT molecular complexity index is 871. The topological polar surface area (TPSA) is 54.9 Å². The molecular formula is C22H30ClN3O3S. The van der Waals surface area contributed by atoms with Crippen LogP contribution in [0, 0.1) is 12.8 Å². The molecule has 1 amide bonds. The van der Waals surface area contributed by atoms with Gasteiger partial charge >= 0.3 is 0 Å². The number of ether oxygens (including phenoxy) is 2. The number of methoxy groups -OCH3 is 1. The van der Waals surface area contributed by atoms with Gasteiger partial charge in [0.25, 0.3) is 5.91 Å². The minimum Gasteiger partial charge on any atom is -0.493 e. The van der Waals surface area contributed by atoms with Gasteiger partial charge in [0.05, 0.1) is 24.4 Å². The van der Waals surface area contributed by atoms with Gasteiger partial charge in [-0.1, -0.05) is 25.4 Å². The first-order chi connectivity index (χ1) is 14.4. The number of hydrogen-bond acceptors (Lipinski definition) is 6. The third-order valence-corrected chi connectivity index (χ3v) is 6.38. The maximum Gasteiger partial charge on any atom is 0.254 e. The molecular weight excluding hydrogens is 422 g/mol. The van der Waals surface area contributed by atoms with E-state index >= 15 is 0 Å². The van der Waals surface area contributed by atoms with Gasteiger partial charge in [-0.15, -0.1) is 11.3 Å². The Morgan fingerprint density at radius 2 is 2.07 bits per heavy atom. The van der Waals surface area contributed by atoms with E-state index in [0.29, 0.717) is 47.7 Å². The predicted octanol–water partition coefficient (Wildman–Crippen LogP) is 4.89. The first kappa shape index (κ1) is 22.7. The first-order valence-electron chi connectivity index (χ1n) is 10.4. The van der Waals surface area contributed by atoms with Crippen LogP contribution in [0.3, 0.4) is 0 Å². The van der Waals surface area contributed by atoms with E-state index in [0.717, 1.165) is 36.8 Å². The quantitative estimate of drug-likeness (QED) is 0.599. The van der Waals surface area contributed by atoms with Crippen LogP contribution in [0.5, 0.6) is 11.5 Å². The van der Waals surface area contributed by atoms with Crippen molar-refractivity contribution < 1.29 is 14.3 Å². The van der Waals surface area contributed by atoms with Gasteiger partial charge < -0.3 is 19.3 Å². The van der Waals surface area contributed by atoms with E-state index in [1.54, 1.807) is 30.6 Å². The normalized spacial score (nSPS) is 14.7. The van der Waals surface area contributed by atoms with Crippen molar-refractivity contribution >= 4 is 34.0 Å². The third-order valence-electron chi connectivity index (χ3n) is 5.08. The molecule has 1 aromatic heterocycles. The number of aromatic nitrogens is 1. The average molecular weight is 452 g/mol. The van der Waals surface area contributed by atoms with Crippen LogP contribution in [0.4, 0.5) is 5.13 Å². The molecule has 0 atom stereocenters. The molecule has 0 bridgehead atoms. The number of halogens is 1. The van der Waals surface area contributed by atoms with Crippen molar-refractivity contribution in [3.8, 4) is 11.5 Å². The fraction of sp³-hybridized carbons (Fsp3) is 0.545. The summed E-state index contributed by atoms with van der Waals surface area (Å²) in [6.45, 7) is 9.84. The second-order valence-corrected chi connectivity index (χ2v) is 9.17. The highest BCUT2D eigenvalue weighted by Crippen LogP contribution is 2.37. The third kappa shape index (κ3) is 5.58. The number of nitrogens with zero attached hydrogens (tertiary/aromatic N) is 3. The van der Waals surface area contributed by atoms with Crippen LogP contribution in [-0.2, 0) is 0 Å². The molecule has 2 aromatic rings. The molecule has 1 saturated heterocycles. The summed E-state index contributed by atoms with van der Waals surface area (Å²) in [6.07, 6.45) is 1.81. The number of carbonyl (C=O) groups excluding carboxylic acids is 1. The molecule has 0 spiro atoms. The van der Waals surface area contributed by atoms with Crippen molar-refractivity contribution in [2.75, 3.05) is 44.8 Å². The van der Waals surface area contributed by atoms with E-state index in [1.807, 2.05) is 11.8 Å². The molecule has 1 aromatic carbocycles. The molecule has 0 radical (unpaired) electrons. The van der Waals surface area contributed by atoms with E-state index in [1.165, 1.54) is 0 Å². The van der Waals surface area contributed by atoms with Gasteiger partial charge in [-0.3, -0.25) is 4.79 Å². The maximum absolute atomic E-state index is 13.2. The Labute approximate surface area is 187 Å². The monoisotopic (exact) mass is 451 g/mol. The smallest absolute Gasteiger partial charge is 0.254 e. The molecule has 0 N–H and O–H groups in total. The molecule has 0 saturated carbocycles. The molecule has 1 fully saturated rings. The van der Waals surface area contributed by atoms with Crippen LogP contribution >= 0.6 is 22.9 Å². The zero-order chi connectivity index (χ0) is 21.7. The Morgan fingerprint density at radius 1 is 1.27 bits per heavy atom. The minimum absolute atomic E-state index is 0.0406. The highest BCUT2D eigenvalue weighted by Gasteiger charge is 2.24. The summed E-state index contributed by atoms with van der Waals surface area (Å²) in [5.74, 6) is 1.48. The van der Waals surface area contributed by atoms with Crippen LogP contribution < -0.4 is 14.4 Å². The van der Waals surface area contributed by atoms with Gasteiger partial charge in [-0.25, -0.2) is 4.98 Å². The fourth-order valence-corrected chi connectivity index (χ4v) is 4.48. The number of hydrogen-bond donors (Lipinski definition) is 0. The van der Waals surface area contributed by atoms with Gasteiger partial charge in [0.15, 0.2) is 16.6 Å². The number of carbonyl (C=O) groups is 1. The van der Waals surface area contributed by atoms with Crippen LogP contribution in [0.25, 0.3) is 0 Å². The lowest BCUT2D eigenvalue weighted by Crippen LogP contribution is -2.35. The van der Waals surface area contributed by atoms with Crippen molar-refractivity contribution in [3.63, 3.8) is 0 Å².